The van der Waals surface area contributed by atoms with Crippen LogP contribution >= 0.6 is 0 Å². The Balaban J connectivity index is 2.02. The van der Waals surface area contributed by atoms with Crippen LogP contribution in [0, 0.1) is 0 Å². The van der Waals surface area contributed by atoms with Crippen LogP contribution in [-0.4, -0.2) is 0 Å². The zero-order valence-corrected chi connectivity index (χ0v) is 11.8. The topological polar surface area (TPSA) is 0 Å². The minimum absolute atomic E-state index is 0.762. The summed E-state index contributed by atoms with van der Waals surface area (Å²) >= 11 is 0. The van der Waals surface area contributed by atoms with Crippen LogP contribution < -0.4 is 0 Å². The molecule has 0 spiro atoms. The van der Waals surface area contributed by atoms with Gasteiger partial charge in [-0.1, -0.05) is 73.9 Å². The number of hydrogen-bond donors (Lipinski definition) is 0. The van der Waals surface area contributed by atoms with Crippen molar-refractivity contribution in [2.45, 2.75) is 38.0 Å². The molecule has 3 aromatic carbocycles. The lowest BCUT2D eigenvalue weighted by atomic mass is 9.81. The molecule has 0 unspecified atom stereocenters. The van der Waals surface area contributed by atoms with Gasteiger partial charge in [-0.05, 0) is 45.9 Å². The molecule has 1 saturated carbocycles. The molecular formula is C20H20. The van der Waals surface area contributed by atoms with Crippen LogP contribution in [0.3, 0.4) is 0 Å². The van der Waals surface area contributed by atoms with Gasteiger partial charge in [0.25, 0.3) is 0 Å². The maximum atomic E-state index is 2.45. The summed E-state index contributed by atoms with van der Waals surface area (Å²) in [5.41, 5.74) is 1.58. The average Bonchev–Trinajstić information content (AvgIpc) is 2.55. The van der Waals surface area contributed by atoms with E-state index in [0.717, 1.165) is 5.92 Å². The predicted octanol–water partition coefficient (Wildman–Crippen LogP) is 6.04. The summed E-state index contributed by atoms with van der Waals surface area (Å²) in [5.74, 6) is 0.762. The smallest absolute Gasteiger partial charge is 0.0103 e. The summed E-state index contributed by atoms with van der Waals surface area (Å²) < 4.78 is 0. The summed E-state index contributed by atoms with van der Waals surface area (Å²) in [7, 11) is 0. The van der Waals surface area contributed by atoms with Crippen LogP contribution in [0.5, 0.6) is 0 Å². The minimum Gasteiger partial charge on any atom is -0.0616 e. The fraction of sp³-hybridized carbons (Fsp3) is 0.300. The van der Waals surface area contributed by atoms with Crippen molar-refractivity contribution in [1.29, 1.82) is 0 Å². The summed E-state index contributed by atoms with van der Waals surface area (Å²) in [4.78, 5) is 0. The Morgan fingerprint density at radius 1 is 0.650 bits per heavy atom. The third kappa shape index (κ3) is 1.91. The van der Waals surface area contributed by atoms with Crippen molar-refractivity contribution >= 4 is 21.5 Å². The highest BCUT2D eigenvalue weighted by Crippen LogP contribution is 2.39. The molecule has 0 heteroatoms. The molecule has 0 amide bonds. The highest BCUT2D eigenvalue weighted by atomic mass is 14.2. The molecule has 0 aliphatic heterocycles. The van der Waals surface area contributed by atoms with Gasteiger partial charge in [-0.2, -0.15) is 0 Å². The second-order valence-corrected chi connectivity index (χ2v) is 6.07. The first-order valence-electron chi connectivity index (χ1n) is 7.84. The van der Waals surface area contributed by atoms with Crippen molar-refractivity contribution in [3.05, 3.63) is 60.2 Å². The quantitative estimate of drug-likeness (QED) is 0.468. The zero-order chi connectivity index (χ0) is 13.4. The first kappa shape index (κ1) is 12.0. The van der Waals surface area contributed by atoms with Gasteiger partial charge >= 0.3 is 0 Å². The summed E-state index contributed by atoms with van der Waals surface area (Å²) in [6.45, 7) is 0. The Kier molecular flexibility index (Phi) is 2.95. The molecular weight excluding hydrogens is 240 g/mol. The third-order valence-corrected chi connectivity index (χ3v) is 4.85. The minimum atomic E-state index is 0.762. The van der Waals surface area contributed by atoms with E-state index in [-0.39, 0.29) is 0 Å². The van der Waals surface area contributed by atoms with E-state index in [1.165, 1.54) is 53.6 Å². The molecule has 20 heavy (non-hydrogen) atoms. The van der Waals surface area contributed by atoms with Crippen molar-refractivity contribution in [2.24, 2.45) is 0 Å². The number of benzene rings is 3. The molecule has 0 radical (unpaired) electrons. The first-order chi connectivity index (χ1) is 9.93. The van der Waals surface area contributed by atoms with Gasteiger partial charge in [-0.15, -0.1) is 0 Å². The highest BCUT2D eigenvalue weighted by molar-refractivity contribution is 6.09. The first-order valence-corrected chi connectivity index (χ1v) is 7.84. The van der Waals surface area contributed by atoms with E-state index >= 15 is 0 Å². The van der Waals surface area contributed by atoms with Crippen LogP contribution in [0.4, 0.5) is 0 Å². The predicted molar refractivity (Wildman–Crippen MR) is 87.3 cm³/mol. The Hall–Kier alpha value is -1.82. The lowest BCUT2D eigenvalue weighted by Crippen LogP contribution is -2.05. The lowest BCUT2D eigenvalue weighted by molar-refractivity contribution is 0.446. The highest BCUT2D eigenvalue weighted by Gasteiger charge is 2.18. The van der Waals surface area contributed by atoms with Crippen molar-refractivity contribution in [3.63, 3.8) is 0 Å². The zero-order valence-electron chi connectivity index (χ0n) is 11.8. The molecule has 4 rings (SSSR count). The molecule has 1 fully saturated rings. The van der Waals surface area contributed by atoms with Gasteiger partial charge in [0.2, 0.25) is 0 Å². The SMILES string of the molecule is c1ccc2c(c1)cc(C1CCCCC1)c1ccccc12. The van der Waals surface area contributed by atoms with Gasteiger partial charge < -0.3 is 0 Å². The molecule has 100 valence electrons. The maximum absolute atomic E-state index is 2.45. The second-order valence-electron chi connectivity index (χ2n) is 6.07. The molecule has 0 saturated heterocycles. The standard InChI is InChI=1S/C20H20/c1-2-8-15(9-3-1)20-14-16-10-4-5-11-17(16)18-12-6-7-13-19(18)20/h4-7,10-15H,1-3,8-9H2. The van der Waals surface area contributed by atoms with Gasteiger partial charge in [-0.3, -0.25) is 0 Å². The number of fused-ring (bicyclic) bond motifs is 3. The molecule has 0 aromatic heterocycles. The Bertz CT molecular complexity index is 748. The van der Waals surface area contributed by atoms with E-state index in [9.17, 15) is 0 Å². The maximum Gasteiger partial charge on any atom is -0.0103 e. The Morgan fingerprint density at radius 2 is 1.30 bits per heavy atom. The molecule has 1 aliphatic carbocycles. The Labute approximate surface area is 120 Å². The molecule has 0 atom stereocenters. The fourth-order valence-electron chi connectivity index (χ4n) is 3.83. The average molecular weight is 260 g/mol. The van der Waals surface area contributed by atoms with Gasteiger partial charge in [0, 0.05) is 0 Å². The molecule has 0 heterocycles. The van der Waals surface area contributed by atoms with Gasteiger partial charge in [-0.25, -0.2) is 0 Å². The van der Waals surface area contributed by atoms with Gasteiger partial charge in [0.1, 0.15) is 0 Å². The van der Waals surface area contributed by atoms with Crippen molar-refractivity contribution in [1.82, 2.24) is 0 Å². The van der Waals surface area contributed by atoms with E-state index in [1.807, 2.05) is 0 Å². The monoisotopic (exact) mass is 260 g/mol. The van der Waals surface area contributed by atoms with Crippen LogP contribution in [0.2, 0.25) is 0 Å². The molecule has 0 N–H and O–H groups in total. The van der Waals surface area contributed by atoms with Crippen molar-refractivity contribution < 1.29 is 0 Å². The van der Waals surface area contributed by atoms with Crippen LogP contribution in [0.15, 0.2) is 54.6 Å². The van der Waals surface area contributed by atoms with Crippen molar-refractivity contribution in [2.75, 3.05) is 0 Å². The van der Waals surface area contributed by atoms with E-state index in [2.05, 4.69) is 54.6 Å². The lowest BCUT2D eigenvalue weighted by Gasteiger charge is -2.24. The Morgan fingerprint density at radius 3 is 2.10 bits per heavy atom. The summed E-state index contributed by atoms with van der Waals surface area (Å²) in [5, 5.41) is 5.68. The molecule has 0 nitrogen and oxygen atoms in total. The van der Waals surface area contributed by atoms with E-state index in [1.54, 1.807) is 5.56 Å². The largest absolute Gasteiger partial charge is 0.0616 e. The molecule has 0 bridgehead atoms. The molecule has 1 aliphatic rings. The van der Waals surface area contributed by atoms with E-state index in [0.29, 0.717) is 0 Å². The fourth-order valence-corrected chi connectivity index (χ4v) is 3.83. The van der Waals surface area contributed by atoms with Gasteiger partial charge in [0.15, 0.2) is 0 Å². The van der Waals surface area contributed by atoms with Crippen LogP contribution in [0.1, 0.15) is 43.6 Å². The van der Waals surface area contributed by atoms with Crippen molar-refractivity contribution in [3.8, 4) is 0 Å². The van der Waals surface area contributed by atoms with Gasteiger partial charge in [0.05, 0.1) is 0 Å². The van der Waals surface area contributed by atoms with E-state index < -0.39 is 0 Å². The molecule has 3 aromatic rings. The summed E-state index contributed by atoms with van der Waals surface area (Å²) in [6, 6.07) is 20.2. The third-order valence-electron chi connectivity index (χ3n) is 4.85. The summed E-state index contributed by atoms with van der Waals surface area (Å²) in [6.07, 6.45) is 6.93. The van der Waals surface area contributed by atoms with Crippen LogP contribution in [-0.2, 0) is 0 Å². The van der Waals surface area contributed by atoms with Crippen LogP contribution in [0.25, 0.3) is 21.5 Å². The normalized spacial score (nSPS) is 16.8. The second kappa shape index (κ2) is 4.94. The van der Waals surface area contributed by atoms with E-state index in [4.69, 9.17) is 0 Å². The number of hydrogen-bond acceptors (Lipinski definition) is 0. The number of rotatable bonds is 1.